The second kappa shape index (κ2) is 13.6. The summed E-state index contributed by atoms with van der Waals surface area (Å²) in [5.74, 6) is 1.15. The predicted octanol–water partition coefficient (Wildman–Crippen LogP) is 9.27. The summed E-state index contributed by atoms with van der Waals surface area (Å²) in [5, 5.41) is 5.66. The minimum atomic E-state index is -0.211. The standard InChI is InChI=1S/C35H30N2O3.2C2H6/c1-5-32-29-17-15-27(20-31(29)34(39)37-32)40-26-13-11-25(12-14-26)35(3,4)24-9-6-22(7-10-24)18-23-8-16-28-21(2)36-33(38)30(28)19-23;2*1-2/h5-17,19-20H,2,18H2,1,3-4H3,(H,36,38)(H,37,39);2*1-2H3/b32-5+;;. The molecule has 5 nitrogen and oxygen atoms in total. The summed E-state index contributed by atoms with van der Waals surface area (Å²) in [4.78, 5) is 24.4. The van der Waals surface area contributed by atoms with Gasteiger partial charge in [-0.25, -0.2) is 0 Å². The van der Waals surface area contributed by atoms with Gasteiger partial charge in [-0.2, -0.15) is 0 Å². The maximum Gasteiger partial charge on any atom is 0.256 e. The van der Waals surface area contributed by atoms with Crippen molar-refractivity contribution in [2.75, 3.05) is 0 Å². The molecule has 6 rings (SSSR count). The molecule has 0 saturated heterocycles. The van der Waals surface area contributed by atoms with Gasteiger partial charge in [0, 0.05) is 33.5 Å². The molecule has 0 unspecified atom stereocenters. The quantitative estimate of drug-likeness (QED) is 0.237. The van der Waals surface area contributed by atoms with Gasteiger partial charge in [-0.05, 0) is 72.0 Å². The SMILES string of the molecule is C=C1NC(=O)c2cc(Cc3ccc(C(C)(C)c4ccc(Oc5ccc6c(c5)C(=O)N/C6=C/C)cc4)cc3)ccc21.CC.CC. The van der Waals surface area contributed by atoms with Crippen molar-refractivity contribution in [3.05, 3.63) is 142 Å². The molecule has 0 atom stereocenters. The van der Waals surface area contributed by atoms with E-state index in [0.29, 0.717) is 28.3 Å². The molecule has 5 heteroatoms. The predicted molar refractivity (Wildman–Crippen MR) is 181 cm³/mol. The highest BCUT2D eigenvalue weighted by Gasteiger charge is 2.25. The molecule has 0 radical (unpaired) electrons. The van der Waals surface area contributed by atoms with Crippen LogP contribution in [0.5, 0.6) is 11.5 Å². The van der Waals surface area contributed by atoms with Gasteiger partial charge in [-0.1, -0.05) is 103 Å². The van der Waals surface area contributed by atoms with E-state index in [1.807, 2.05) is 77.1 Å². The molecular weight excluding hydrogens is 544 g/mol. The van der Waals surface area contributed by atoms with Crippen molar-refractivity contribution in [3.8, 4) is 11.5 Å². The molecule has 0 spiro atoms. The second-order valence-corrected chi connectivity index (χ2v) is 10.8. The minimum Gasteiger partial charge on any atom is -0.457 e. The van der Waals surface area contributed by atoms with Crippen LogP contribution in [0, 0.1) is 0 Å². The van der Waals surface area contributed by atoms with E-state index < -0.39 is 0 Å². The van der Waals surface area contributed by atoms with E-state index in [0.717, 1.165) is 28.8 Å². The molecule has 2 N–H and O–H groups in total. The van der Waals surface area contributed by atoms with Gasteiger partial charge >= 0.3 is 0 Å². The number of ether oxygens (including phenoxy) is 1. The number of fused-ring (bicyclic) bond motifs is 2. The topological polar surface area (TPSA) is 67.4 Å². The fourth-order valence-electron chi connectivity index (χ4n) is 5.44. The van der Waals surface area contributed by atoms with Crippen LogP contribution in [0.15, 0.2) is 97.6 Å². The molecule has 4 aromatic rings. The van der Waals surface area contributed by atoms with Crippen molar-refractivity contribution < 1.29 is 14.3 Å². The summed E-state index contributed by atoms with van der Waals surface area (Å²) in [6.07, 6.45) is 2.64. The first-order valence-corrected chi connectivity index (χ1v) is 15.4. The van der Waals surface area contributed by atoms with Crippen LogP contribution < -0.4 is 15.4 Å². The van der Waals surface area contributed by atoms with Crippen LogP contribution in [0.2, 0.25) is 0 Å². The molecule has 226 valence electrons. The monoisotopic (exact) mass is 586 g/mol. The highest BCUT2D eigenvalue weighted by molar-refractivity contribution is 6.09. The van der Waals surface area contributed by atoms with Crippen LogP contribution in [-0.4, -0.2) is 11.8 Å². The number of nitrogens with one attached hydrogen (secondary N) is 2. The van der Waals surface area contributed by atoms with Gasteiger partial charge < -0.3 is 15.4 Å². The van der Waals surface area contributed by atoms with E-state index in [1.54, 1.807) is 6.07 Å². The molecular formula is C39H42N2O3. The van der Waals surface area contributed by atoms with Gasteiger partial charge in [0.15, 0.2) is 0 Å². The van der Waals surface area contributed by atoms with Crippen molar-refractivity contribution in [1.29, 1.82) is 0 Å². The van der Waals surface area contributed by atoms with Crippen molar-refractivity contribution in [2.45, 2.75) is 60.3 Å². The van der Waals surface area contributed by atoms with Gasteiger partial charge in [-0.3, -0.25) is 9.59 Å². The molecule has 4 aromatic carbocycles. The molecule has 2 aliphatic heterocycles. The van der Waals surface area contributed by atoms with Crippen molar-refractivity contribution >= 4 is 23.2 Å². The van der Waals surface area contributed by atoms with Gasteiger partial charge in [0.1, 0.15) is 11.5 Å². The molecule has 0 bridgehead atoms. The van der Waals surface area contributed by atoms with Gasteiger partial charge in [0.2, 0.25) is 0 Å². The summed E-state index contributed by atoms with van der Waals surface area (Å²) in [6.45, 7) is 18.2. The summed E-state index contributed by atoms with van der Waals surface area (Å²) in [7, 11) is 0. The van der Waals surface area contributed by atoms with Crippen LogP contribution in [0.1, 0.15) is 103 Å². The number of carbonyl (C=O) groups is 2. The lowest BCUT2D eigenvalue weighted by Crippen LogP contribution is -2.18. The molecule has 0 fully saturated rings. The third kappa shape index (κ3) is 6.37. The first-order valence-electron chi connectivity index (χ1n) is 15.4. The largest absolute Gasteiger partial charge is 0.457 e. The highest BCUT2D eigenvalue weighted by Crippen LogP contribution is 2.35. The summed E-state index contributed by atoms with van der Waals surface area (Å²) in [5.41, 5.74) is 9.03. The average molecular weight is 587 g/mol. The zero-order valence-electron chi connectivity index (χ0n) is 26.8. The van der Waals surface area contributed by atoms with Crippen LogP contribution in [0.25, 0.3) is 11.4 Å². The summed E-state index contributed by atoms with van der Waals surface area (Å²) in [6, 6.07) is 28.3. The third-order valence-corrected chi connectivity index (χ3v) is 7.88. The zero-order valence-corrected chi connectivity index (χ0v) is 26.8. The number of amides is 2. The Morgan fingerprint density at radius 2 is 1.18 bits per heavy atom. The van der Waals surface area contributed by atoms with E-state index in [1.165, 1.54) is 16.7 Å². The lowest BCUT2D eigenvalue weighted by atomic mass is 9.78. The van der Waals surface area contributed by atoms with E-state index in [9.17, 15) is 9.59 Å². The molecule has 2 amide bonds. The summed E-state index contributed by atoms with van der Waals surface area (Å²) < 4.78 is 6.08. The summed E-state index contributed by atoms with van der Waals surface area (Å²) >= 11 is 0. The Hall–Kier alpha value is -4.90. The van der Waals surface area contributed by atoms with Gasteiger partial charge in [-0.15, -0.1) is 0 Å². The van der Waals surface area contributed by atoms with Crippen LogP contribution in [0.3, 0.4) is 0 Å². The van der Waals surface area contributed by atoms with E-state index in [2.05, 4.69) is 73.5 Å². The molecule has 44 heavy (non-hydrogen) atoms. The number of benzene rings is 4. The van der Waals surface area contributed by atoms with E-state index in [4.69, 9.17) is 4.74 Å². The van der Waals surface area contributed by atoms with Crippen LogP contribution >= 0.6 is 0 Å². The first kappa shape index (κ1) is 32.0. The Bertz CT molecular complexity index is 1710. The Morgan fingerprint density at radius 1 is 0.659 bits per heavy atom. The smallest absolute Gasteiger partial charge is 0.256 e. The highest BCUT2D eigenvalue weighted by atomic mass is 16.5. The number of rotatable bonds is 6. The maximum atomic E-state index is 12.3. The molecule has 0 aliphatic carbocycles. The molecule has 0 aromatic heterocycles. The van der Waals surface area contributed by atoms with Crippen LogP contribution in [0.4, 0.5) is 0 Å². The first-order chi connectivity index (χ1) is 21.2. The van der Waals surface area contributed by atoms with Crippen molar-refractivity contribution in [2.24, 2.45) is 0 Å². The maximum absolute atomic E-state index is 12.3. The Balaban J connectivity index is 0.00000106. The number of hydrogen-bond acceptors (Lipinski definition) is 3. The number of allylic oxidation sites excluding steroid dienone is 1. The Labute approximate surface area is 261 Å². The molecule has 2 aliphatic rings. The third-order valence-electron chi connectivity index (χ3n) is 7.88. The molecule has 2 heterocycles. The molecule has 0 saturated carbocycles. The zero-order chi connectivity index (χ0) is 32.0. The number of hydrogen-bond donors (Lipinski definition) is 2. The number of carbonyl (C=O) groups excluding carboxylic acids is 2. The van der Waals surface area contributed by atoms with Gasteiger partial charge in [0.05, 0.1) is 5.56 Å². The van der Waals surface area contributed by atoms with Crippen molar-refractivity contribution in [1.82, 2.24) is 10.6 Å². The van der Waals surface area contributed by atoms with Gasteiger partial charge in [0.25, 0.3) is 11.8 Å². The lowest BCUT2D eigenvalue weighted by Gasteiger charge is -2.26. The fourth-order valence-corrected chi connectivity index (χ4v) is 5.44. The normalized spacial score (nSPS) is 14.0. The fraction of sp³-hybridized carbons (Fsp3) is 0.231. The Morgan fingerprint density at radius 3 is 1.82 bits per heavy atom. The van der Waals surface area contributed by atoms with E-state index >= 15 is 0 Å². The van der Waals surface area contributed by atoms with Crippen LogP contribution in [-0.2, 0) is 11.8 Å². The van der Waals surface area contributed by atoms with E-state index in [-0.39, 0.29) is 17.2 Å². The lowest BCUT2D eigenvalue weighted by molar-refractivity contribution is 0.0972. The van der Waals surface area contributed by atoms with Crippen molar-refractivity contribution in [3.63, 3.8) is 0 Å². The Kier molecular flexibility index (Phi) is 9.90. The second-order valence-electron chi connectivity index (χ2n) is 10.8. The minimum absolute atomic E-state index is 0.0852. The average Bonchev–Trinajstić information content (AvgIpc) is 3.53.